The van der Waals surface area contributed by atoms with Crippen molar-refractivity contribution in [1.29, 1.82) is 0 Å². The maximum absolute atomic E-state index is 5.98. The van der Waals surface area contributed by atoms with Crippen LogP contribution in [0.5, 0.6) is 0 Å². The van der Waals surface area contributed by atoms with Crippen LogP contribution in [0.4, 0.5) is 0 Å². The third-order valence-electron chi connectivity index (χ3n) is 2.08. The Morgan fingerprint density at radius 1 is 1.53 bits per heavy atom. The summed E-state index contributed by atoms with van der Waals surface area (Å²) in [5.74, 6) is 0.724. The van der Waals surface area contributed by atoms with Gasteiger partial charge in [0.2, 0.25) is 0 Å². The number of alkyl halides is 1. The van der Waals surface area contributed by atoms with Gasteiger partial charge in [0, 0.05) is 24.1 Å². The van der Waals surface area contributed by atoms with Crippen molar-refractivity contribution in [2.75, 3.05) is 6.61 Å². The zero-order valence-electron chi connectivity index (χ0n) is 9.46. The number of halogens is 1. The molecule has 0 radical (unpaired) electrons. The van der Waals surface area contributed by atoms with E-state index < -0.39 is 0 Å². The standard InChI is InChI=1S/C11H17ClN2O/c1-4-5-15-7-11-13-6-10(8(2)12)9(3)14-11/h6,8H,4-5,7H2,1-3H3. The summed E-state index contributed by atoms with van der Waals surface area (Å²) in [6.07, 6.45) is 2.79. The molecule has 0 aliphatic carbocycles. The molecule has 0 aromatic carbocycles. The van der Waals surface area contributed by atoms with Gasteiger partial charge in [-0.05, 0) is 20.3 Å². The Kier molecular flexibility index (Phi) is 4.99. The lowest BCUT2D eigenvalue weighted by molar-refractivity contribution is 0.116. The molecule has 0 aliphatic heterocycles. The third-order valence-corrected chi connectivity index (χ3v) is 2.31. The van der Waals surface area contributed by atoms with E-state index in [0.29, 0.717) is 6.61 Å². The van der Waals surface area contributed by atoms with Gasteiger partial charge in [0.25, 0.3) is 0 Å². The summed E-state index contributed by atoms with van der Waals surface area (Å²) in [7, 11) is 0. The molecule has 1 rings (SSSR count). The van der Waals surface area contributed by atoms with Crippen molar-refractivity contribution >= 4 is 11.6 Å². The fraction of sp³-hybridized carbons (Fsp3) is 0.636. The number of rotatable bonds is 5. The molecule has 1 heterocycles. The van der Waals surface area contributed by atoms with E-state index in [4.69, 9.17) is 16.3 Å². The summed E-state index contributed by atoms with van der Waals surface area (Å²) < 4.78 is 5.37. The van der Waals surface area contributed by atoms with E-state index >= 15 is 0 Å². The molecule has 3 nitrogen and oxygen atoms in total. The second-order valence-electron chi connectivity index (χ2n) is 3.50. The Bertz CT molecular complexity index is 315. The van der Waals surface area contributed by atoms with Gasteiger partial charge in [-0.3, -0.25) is 0 Å². The zero-order chi connectivity index (χ0) is 11.3. The minimum absolute atomic E-state index is 0.0457. The third kappa shape index (κ3) is 3.76. The van der Waals surface area contributed by atoms with Crippen molar-refractivity contribution in [3.05, 3.63) is 23.3 Å². The summed E-state index contributed by atoms with van der Waals surface area (Å²) in [5.41, 5.74) is 1.92. The van der Waals surface area contributed by atoms with E-state index in [1.807, 2.05) is 13.8 Å². The number of aromatic nitrogens is 2. The lowest BCUT2D eigenvalue weighted by Gasteiger charge is -2.08. The molecule has 1 atom stereocenters. The molecule has 15 heavy (non-hydrogen) atoms. The SMILES string of the molecule is CCCOCc1ncc(C(C)Cl)c(C)n1. The Balaban J connectivity index is 2.65. The number of hydrogen-bond donors (Lipinski definition) is 0. The number of nitrogens with zero attached hydrogens (tertiary/aromatic N) is 2. The van der Waals surface area contributed by atoms with Crippen molar-refractivity contribution in [1.82, 2.24) is 9.97 Å². The average molecular weight is 229 g/mol. The molecule has 0 spiro atoms. The maximum Gasteiger partial charge on any atom is 0.154 e. The lowest BCUT2D eigenvalue weighted by atomic mass is 10.2. The summed E-state index contributed by atoms with van der Waals surface area (Å²) >= 11 is 5.98. The van der Waals surface area contributed by atoms with Gasteiger partial charge in [-0.2, -0.15) is 0 Å². The Labute approximate surface area is 95.8 Å². The van der Waals surface area contributed by atoms with E-state index in [-0.39, 0.29) is 5.38 Å². The normalized spacial score (nSPS) is 12.8. The van der Waals surface area contributed by atoms with Crippen molar-refractivity contribution in [2.24, 2.45) is 0 Å². The Morgan fingerprint density at radius 3 is 2.80 bits per heavy atom. The number of ether oxygens (including phenoxy) is 1. The molecule has 0 fully saturated rings. The second-order valence-corrected chi connectivity index (χ2v) is 4.15. The Morgan fingerprint density at radius 2 is 2.27 bits per heavy atom. The van der Waals surface area contributed by atoms with Crippen molar-refractivity contribution < 1.29 is 4.74 Å². The highest BCUT2D eigenvalue weighted by atomic mass is 35.5. The molecule has 0 saturated heterocycles. The molecule has 4 heteroatoms. The highest BCUT2D eigenvalue weighted by molar-refractivity contribution is 6.20. The van der Waals surface area contributed by atoms with Gasteiger partial charge in [-0.1, -0.05) is 6.92 Å². The first kappa shape index (κ1) is 12.4. The quantitative estimate of drug-likeness (QED) is 0.574. The van der Waals surface area contributed by atoms with Crippen LogP contribution in [-0.4, -0.2) is 16.6 Å². The van der Waals surface area contributed by atoms with Gasteiger partial charge in [0.1, 0.15) is 6.61 Å². The zero-order valence-corrected chi connectivity index (χ0v) is 10.2. The highest BCUT2D eigenvalue weighted by Gasteiger charge is 2.07. The minimum Gasteiger partial charge on any atom is -0.373 e. The van der Waals surface area contributed by atoms with Gasteiger partial charge in [-0.15, -0.1) is 11.6 Å². The molecule has 0 amide bonds. The molecule has 0 N–H and O–H groups in total. The van der Waals surface area contributed by atoms with Crippen LogP contribution in [0.1, 0.15) is 42.7 Å². The van der Waals surface area contributed by atoms with Crippen molar-refractivity contribution in [3.8, 4) is 0 Å². The van der Waals surface area contributed by atoms with E-state index in [1.165, 1.54) is 0 Å². The fourth-order valence-electron chi connectivity index (χ4n) is 1.29. The fourth-order valence-corrected chi connectivity index (χ4v) is 1.51. The predicted molar refractivity (Wildman–Crippen MR) is 61.0 cm³/mol. The Hall–Kier alpha value is -0.670. The number of aryl methyl sites for hydroxylation is 1. The largest absolute Gasteiger partial charge is 0.373 e. The first-order valence-corrected chi connectivity index (χ1v) is 5.63. The maximum atomic E-state index is 5.98. The van der Waals surface area contributed by atoms with E-state index in [2.05, 4.69) is 16.9 Å². The van der Waals surface area contributed by atoms with Crippen LogP contribution in [0.25, 0.3) is 0 Å². The van der Waals surface area contributed by atoms with Gasteiger partial charge in [0.15, 0.2) is 5.82 Å². The average Bonchev–Trinajstić information content (AvgIpc) is 2.17. The summed E-state index contributed by atoms with van der Waals surface area (Å²) in [5, 5.41) is -0.0457. The molecule has 1 aromatic rings. The summed E-state index contributed by atoms with van der Waals surface area (Å²) in [6, 6.07) is 0. The first-order valence-electron chi connectivity index (χ1n) is 5.19. The van der Waals surface area contributed by atoms with Gasteiger partial charge in [0.05, 0.1) is 5.38 Å². The molecule has 0 bridgehead atoms. The molecule has 84 valence electrons. The van der Waals surface area contributed by atoms with Gasteiger partial charge >= 0.3 is 0 Å². The smallest absolute Gasteiger partial charge is 0.154 e. The van der Waals surface area contributed by atoms with Crippen LogP contribution < -0.4 is 0 Å². The summed E-state index contributed by atoms with van der Waals surface area (Å²) in [4.78, 5) is 8.56. The predicted octanol–water partition coefficient (Wildman–Crippen LogP) is 3.01. The summed E-state index contributed by atoms with van der Waals surface area (Å²) in [6.45, 7) is 7.16. The number of hydrogen-bond acceptors (Lipinski definition) is 3. The van der Waals surface area contributed by atoms with E-state index in [0.717, 1.165) is 30.1 Å². The van der Waals surface area contributed by atoms with Gasteiger partial charge in [-0.25, -0.2) is 9.97 Å². The van der Waals surface area contributed by atoms with Crippen molar-refractivity contribution in [3.63, 3.8) is 0 Å². The minimum atomic E-state index is -0.0457. The van der Waals surface area contributed by atoms with Crippen LogP contribution in [0.3, 0.4) is 0 Å². The van der Waals surface area contributed by atoms with Crippen LogP contribution >= 0.6 is 11.6 Å². The molecule has 0 aliphatic rings. The van der Waals surface area contributed by atoms with Crippen LogP contribution in [0, 0.1) is 6.92 Å². The van der Waals surface area contributed by atoms with Gasteiger partial charge < -0.3 is 4.74 Å². The van der Waals surface area contributed by atoms with Crippen LogP contribution in [-0.2, 0) is 11.3 Å². The van der Waals surface area contributed by atoms with Crippen LogP contribution in [0.2, 0.25) is 0 Å². The monoisotopic (exact) mass is 228 g/mol. The lowest BCUT2D eigenvalue weighted by Crippen LogP contribution is -2.04. The second kappa shape index (κ2) is 6.03. The topological polar surface area (TPSA) is 35.0 Å². The highest BCUT2D eigenvalue weighted by Crippen LogP contribution is 2.20. The molecular formula is C11H17ClN2O. The first-order chi connectivity index (χ1) is 7.15. The van der Waals surface area contributed by atoms with E-state index in [1.54, 1.807) is 6.20 Å². The van der Waals surface area contributed by atoms with E-state index in [9.17, 15) is 0 Å². The molecule has 1 unspecified atom stereocenters. The molecule has 1 aromatic heterocycles. The molecule has 0 saturated carbocycles. The molecular weight excluding hydrogens is 212 g/mol. The van der Waals surface area contributed by atoms with Crippen molar-refractivity contribution in [2.45, 2.75) is 39.2 Å². The van der Waals surface area contributed by atoms with Crippen LogP contribution in [0.15, 0.2) is 6.20 Å².